The van der Waals surface area contributed by atoms with E-state index in [2.05, 4.69) is 15.5 Å². The molecule has 9 nitrogen and oxygen atoms in total. The maximum absolute atomic E-state index is 10.5. The molecule has 1 rings (SSSR count). The number of likely N-dealkylation sites (tertiary alicyclic amines) is 1. The van der Waals surface area contributed by atoms with E-state index in [-0.39, 0.29) is 6.10 Å². The summed E-state index contributed by atoms with van der Waals surface area (Å²) in [5, 5.41) is 21.4. The van der Waals surface area contributed by atoms with Crippen molar-refractivity contribution >= 4 is 12.2 Å². The highest BCUT2D eigenvalue weighted by atomic mass is 16.6. The number of nitrogens with one attached hydrogen (secondary N) is 2. The Labute approximate surface area is 97.5 Å². The lowest BCUT2D eigenvalue weighted by Crippen LogP contribution is -2.60. The zero-order chi connectivity index (χ0) is 12.8. The molecule has 2 amide bonds. The molecular formula is C8H16N4O5. The zero-order valence-electron chi connectivity index (χ0n) is 9.13. The molecule has 1 saturated heterocycles. The summed E-state index contributed by atoms with van der Waals surface area (Å²) in [4.78, 5) is 27.4. The molecular weight excluding hydrogens is 232 g/mol. The fourth-order valence-corrected chi connectivity index (χ4v) is 1.72. The summed E-state index contributed by atoms with van der Waals surface area (Å²) in [7, 11) is 0. The number of nitrogens with two attached hydrogens (primary N) is 1. The Kier molecular flexibility index (Phi) is 4.94. The summed E-state index contributed by atoms with van der Waals surface area (Å²) >= 11 is 0. The lowest BCUT2D eigenvalue weighted by molar-refractivity contribution is -0.00993. The molecule has 9 heteroatoms. The third-order valence-corrected chi connectivity index (χ3v) is 2.55. The zero-order valence-corrected chi connectivity index (χ0v) is 9.13. The van der Waals surface area contributed by atoms with Gasteiger partial charge in [-0.15, -0.1) is 0 Å². The Morgan fingerprint density at radius 1 is 1.24 bits per heavy atom. The molecule has 0 saturated carbocycles. The van der Waals surface area contributed by atoms with Crippen LogP contribution in [0.5, 0.6) is 0 Å². The van der Waals surface area contributed by atoms with Crippen LogP contribution in [0.4, 0.5) is 9.59 Å². The first-order valence-corrected chi connectivity index (χ1v) is 5.11. The van der Waals surface area contributed by atoms with Crippen LogP contribution in [0.1, 0.15) is 12.8 Å². The highest BCUT2D eigenvalue weighted by Crippen LogP contribution is 2.13. The van der Waals surface area contributed by atoms with Crippen molar-refractivity contribution in [3.8, 4) is 0 Å². The van der Waals surface area contributed by atoms with Crippen LogP contribution in [-0.4, -0.2) is 52.8 Å². The summed E-state index contributed by atoms with van der Waals surface area (Å²) in [5.74, 6) is 5.05. The monoisotopic (exact) mass is 248 g/mol. The van der Waals surface area contributed by atoms with Gasteiger partial charge < -0.3 is 15.1 Å². The Morgan fingerprint density at radius 2 is 1.71 bits per heavy atom. The van der Waals surface area contributed by atoms with Gasteiger partial charge in [-0.25, -0.2) is 15.5 Å². The Balaban J connectivity index is 2.52. The van der Waals surface area contributed by atoms with Crippen LogP contribution in [0, 0.1) is 0 Å². The van der Waals surface area contributed by atoms with E-state index in [0.29, 0.717) is 25.9 Å². The molecule has 0 bridgehead atoms. The van der Waals surface area contributed by atoms with E-state index in [1.54, 1.807) is 4.90 Å². The Bertz CT molecular complexity index is 263. The number of nitrogens with zero attached hydrogens (tertiary/aromatic N) is 1. The van der Waals surface area contributed by atoms with Gasteiger partial charge in [0, 0.05) is 13.1 Å². The van der Waals surface area contributed by atoms with E-state index in [1.165, 1.54) is 0 Å². The van der Waals surface area contributed by atoms with Crippen LogP contribution in [0.25, 0.3) is 0 Å². The van der Waals surface area contributed by atoms with Gasteiger partial charge in [0.25, 0.3) is 0 Å². The van der Waals surface area contributed by atoms with Gasteiger partial charge in [0.2, 0.25) is 0 Å². The van der Waals surface area contributed by atoms with Crippen LogP contribution in [0.2, 0.25) is 0 Å². The van der Waals surface area contributed by atoms with E-state index in [9.17, 15) is 9.59 Å². The molecule has 0 spiro atoms. The minimum atomic E-state index is -1.29. The van der Waals surface area contributed by atoms with Gasteiger partial charge in [0.15, 0.2) is 6.29 Å². The van der Waals surface area contributed by atoms with Gasteiger partial charge >= 0.3 is 12.2 Å². The molecule has 0 aromatic heterocycles. The Morgan fingerprint density at radius 3 is 2.06 bits per heavy atom. The molecule has 1 heterocycles. The van der Waals surface area contributed by atoms with Gasteiger partial charge in [-0.3, -0.25) is 15.5 Å². The molecule has 6 N–H and O–H groups in total. The number of amides is 2. The van der Waals surface area contributed by atoms with Gasteiger partial charge in [0.05, 0.1) is 6.10 Å². The smallest absolute Gasteiger partial charge is 0.407 e. The number of carboxylic acid groups (broad SMARTS) is 2. The van der Waals surface area contributed by atoms with Crippen molar-refractivity contribution < 1.29 is 24.6 Å². The van der Waals surface area contributed by atoms with Crippen molar-refractivity contribution in [3.63, 3.8) is 0 Å². The van der Waals surface area contributed by atoms with Gasteiger partial charge in [-0.2, -0.15) is 0 Å². The van der Waals surface area contributed by atoms with E-state index in [0.717, 1.165) is 0 Å². The molecule has 0 unspecified atom stereocenters. The quantitative estimate of drug-likeness (QED) is 0.323. The molecule has 1 aliphatic heterocycles. The molecule has 0 radical (unpaired) electrons. The average Bonchev–Trinajstić information content (AvgIpc) is 2.27. The lowest BCUT2D eigenvalue weighted by Gasteiger charge is -2.36. The molecule has 0 aliphatic carbocycles. The minimum absolute atomic E-state index is 0.0680. The van der Waals surface area contributed by atoms with Gasteiger partial charge in [-0.1, -0.05) is 0 Å². The maximum atomic E-state index is 10.5. The summed E-state index contributed by atoms with van der Waals surface area (Å²) in [5.41, 5.74) is 0. The summed E-state index contributed by atoms with van der Waals surface area (Å²) in [6.45, 7) is 0.986. The van der Waals surface area contributed by atoms with Crippen molar-refractivity contribution in [3.05, 3.63) is 0 Å². The second kappa shape index (κ2) is 6.23. The van der Waals surface area contributed by atoms with Crippen molar-refractivity contribution in [2.24, 2.45) is 5.90 Å². The highest BCUT2D eigenvalue weighted by Gasteiger charge is 2.27. The fourth-order valence-electron chi connectivity index (χ4n) is 1.72. The van der Waals surface area contributed by atoms with Gasteiger partial charge in [-0.05, 0) is 12.8 Å². The number of hydrogen-bond acceptors (Lipinski definition) is 5. The van der Waals surface area contributed by atoms with Crippen molar-refractivity contribution in [2.45, 2.75) is 25.2 Å². The van der Waals surface area contributed by atoms with E-state index in [4.69, 9.17) is 16.1 Å². The summed E-state index contributed by atoms with van der Waals surface area (Å²) in [6.07, 6.45) is -2.36. The van der Waals surface area contributed by atoms with Crippen LogP contribution in [0.3, 0.4) is 0 Å². The second-order valence-electron chi connectivity index (χ2n) is 3.67. The third kappa shape index (κ3) is 4.43. The predicted molar refractivity (Wildman–Crippen MR) is 56.0 cm³/mol. The molecule has 1 aliphatic rings. The molecule has 98 valence electrons. The maximum Gasteiger partial charge on any atom is 0.407 e. The second-order valence-corrected chi connectivity index (χ2v) is 3.67. The first-order valence-electron chi connectivity index (χ1n) is 5.11. The molecule has 1 fully saturated rings. The molecule has 0 aromatic carbocycles. The summed E-state index contributed by atoms with van der Waals surface area (Å²) in [6, 6.07) is 0. The SMILES string of the molecule is NOC1CCN(C(NC(=O)O)NC(=O)O)CC1. The van der Waals surface area contributed by atoms with Crippen LogP contribution in [-0.2, 0) is 4.84 Å². The molecule has 0 aromatic rings. The minimum Gasteiger partial charge on any atom is -0.465 e. The van der Waals surface area contributed by atoms with Crippen molar-refractivity contribution in [1.29, 1.82) is 0 Å². The van der Waals surface area contributed by atoms with Crippen LogP contribution >= 0.6 is 0 Å². The lowest BCUT2D eigenvalue weighted by atomic mass is 10.1. The average molecular weight is 248 g/mol. The van der Waals surface area contributed by atoms with E-state index >= 15 is 0 Å². The first-order chi connectivity index (χ1) is 8.02. The number of carbonyl (C=O) groups is 2. The van der Waals surface area contributed by atoms with E-state index in [1.807, 2.05) is 0 Å². The number of rotatable bonds is 4. The molecule has 0 atom stereocenters. The van der Waals surface area contributed by atoms with Crippen LogP contribution < -0.4 is 16.5 Å². The van der Waals surface area contributed by atoms with E-state index < -0.39 is 18.5 Å². The Hall–Kier alpha value is -1.58. The largest absolute Gasteiger partial charge is 0.465 e. The van der Waals surface area contributed by atoms with Gasteiger partial charge in [0.1, 0.15) is 0 Å². The third-order valence-electron chi connectivity index (χ3n) is 2.55. The first kappa shape index (κ1) is 13.5. The number of piperidine rings is 1. The van der Waals surface area contributed by atoms with Crippen LogP contribution in [0.15, 0.2) is 0 Å². The molecule has 17 heavy (non-hydrogen) atoms. The normalized spacial score (nSPS) is 18.0. The number of hydrogen-bond donors (Lipinski definition) is 5. The predicted octanol–water partition coefficient (Wildman–Crippen LogP) is -0.840. The topological polar surface area (TPSA) is 137 Å². The van der Waals surface area contributed by atoms with Crippen molar-refractivity contribution in [2.75, 3.05) is 13.1 Å². The highest BCUT2D eigenvalue weighted by molar-refractivity contribution is 5.68. The standard InChI is InChI=1S/C8H16N4O5/c9-17-5-1-3-12(4-2-5)6(10-7(13)14)11-8(15)16/h5-6,10-11H,1-4,9H2,(H,13,14)(H,15,16). The fraction of sp³-hybridized carbons (Fsp3) is 0.750. The van der Waals surface area contributed by atoms with Crippen molar-refractivity contribution in [1.82, 2.24) is 15.5 Å². The summed E-state index contributed by atoms with van der Waals surface area (Å²) < 4.78 is 0.